The summed E-state index contributed by atoms with van der Waals surface area (Å²) in [5, 5.41) is 17.0. The fourth-order valence-electron chi connectivity index (χ4n) is 2.55. The van der Waals surface area contributed by atoms with Crippen LogP contribution in [0.2, 0.25) is 5.28 Å². The number of aliphatic hydroxyl groups excluding tert-OH is 1. The van der Waals surface area contributed by atoms with Gasteiger partial charge in [-0.3, -0.25) is 10.1 Å². The molecule has 4 N–H and O–H groups in total. The Labute approximate surface area is 164 Å². The highest BCUT2D eigenvalue weighted by atomic mass is 35.5. The van der Waals surface area contributed by atoms with E-state index < -0.39 is 5.91 Å². The lowest BCUT2D eigenvalue weighted by molar-refractivity contribution is 0.0939. The number of rotatable bonds is 5. The van der Waals surface area contributed by atoms with Gasteiger partial charge in [0.25, 0.3) is 5.91 Å². The van der Waals surface area contributed by atoms with Crippen molar-refractivity contribution in [3.8, 4) is 0 Å². The number of anilines is 2. The topological polar surface area (TPSA) is 132 Å². The lowest BCUT2D eigenvalue weighted by Gasteiger charge is -2.27. The molecule has 0 saturated heterocycles. The molecular formula is C15H18ClN7O3S. The third-order valence-electron chi connectivity index (χ3n) is 3.82. The first-order valence-electron chi connectivity index (χ1n) is 8.16. The van der Waals surface area contributed by atoms with Crippen LogP contribution in [0.1, 0.15) is 21.1 Å². The number of nitrogens with zero attached hydrogens (tertiary/aromatic N) is 4. The molecule has 0 aromatic carbocycles. The fourth-order valence-corrected chi connectivity index (χ4v) is 3.74. The minimum absolute atomic E-state index is 0.0290. The molecule has 3 heterocycles. The molecule has 0 spiro atoms. The molecule has 3 amide bonds. The van der Waals surface area contributed by atoms with Crippen LogP contribution in [-0.4, -0.2) is 58.7 Å². The van der Waals surface area contributed by atoms with Crippen LogP contribution >= 0.6 is 22.9 Å². The van der Waals surface area contributed by atoms with Gasteiger partial charge >= 0.3 is 6.03 Å². The van der Waals surface area contributed by atoms with Gasteiger partial charge < -0.3 is 20.6 Å². The van der Waals surface area contributed by atoms with Crippen LogP contribution in [0.5, 0.6) is 0 Å². The Morgan fingerprint density at radius 1 is 1.37 bits per heavy atom. The van der Waals surface area contributed by atoms with Crippen molar-refractivity contribution in [2.75, 3.05) is 37.0 Å². The molecule has 144 valence electrons. The van der Waals surface area contributed by atoms with Crippen molar-refractivity contribution in [2.45, 2.75) is 13.0 Å². The second-order valence-electron chi connectivity index (χ2n) is 5.62. The minimum atomic E-state index is -0.429. The summed E-state index contributed by atoms with van der Waals surface area (Å²) >= 11 is 7.38. The predicted octanol–water partition coefficient (Wildman–Crippen LogP) is 0.623. The number of hydrogen-bond donors (Lipinski definition) is 4. The van der Waals surface area contributed by atoms with Crippen molar-refractivity contribution < 1.29 is 14.7 Å². The second kappa shape index (κ2) is 8.46. The molecule has 12 heteroatoms. The summed E-state index contributed by atoms with van der Waals surface area (Å²) in [6.07, 6.45) is 0.676. The molecule has 0 bridgehead atoms. The van der Waals surface area contributed by atoms with E-state index in [2.05, 4.69) is 30.9 Å². The lowest BCUT2D eigenvalue weighted by atomic mass is 10.2. The van der Waals surface area contributed by atoms with Gasteiger partial charge in [0, 0.05) is 37.5 Å². The highest BCUT2D eigenvalue weighted by molar-refractivity contribution is 7.15. The number of halogens is 1. The minimum Gasteiger partial charge on any atom is -0.395 e. The average Bonchev–Trinajstić information content (AvgIpc) is 3.06. The van der Waals surface area contributed by atoms with Crippen molar-refractivity contribution in [3.05, 3.63) is 27.6 Å². The first-order chi connectivity index (χ1) is 13.0. The molecule has 1 aliphatic rings. The van der Waals surface area contributed by atoms with Crippen LogP contribution in [0.25, 0.3) is 0 Å². The molecule has 2 aromatic rings. The van der Waals surface area contributed by atoms with E-state index in [0.29, 0.717) is 30.5 Å². The summed E-state index contributed by atoms with van der Waals surface area (Å²) in [6, 6.07) is 1.24. The van der Waals surface area contributed by atoms with Crippen LogP contribution in [0.4, 0.5) is 15.7 Å². The number of fused-ring (bicyclic) bond motifs is 1. The van der Waals surface area contributed by atoms with Gasteiger partial charge in [-0.05, 0) is 11.6 Å². The quantitative estimate of drug-likeness (QED) is 0.530. The SMILES string of the molecule is CNC(=O)Nc1nc2c(s1)CN(c1cc(C(=O)NCCO)nc(Cl)n1)CC2. The molecule has 1 aliphatic heterocycles. The first-order valence-corrected chi connectivity index (χ1v) is 9.35. The van der Waals surface area contributed by atoms with Gasteiger partial charge in [0.2, 0.25) is 5.28 Å². The van der Waals surface area contributed by atoms with Crippen LogP contribution < -0.4 is 20.9 Å². The van der Waals surface area contributed by atoms with Crippen molar-refractivity contribution in [1.82, 2.24) is 25.6 Å². The highest BCUT2D eigenvalue weighted by Crippen LogP contribution is 2.30. The Hall–Kier alpha value is -2.50. The molecule has 0 radical (unpaired) electrons. The van der Waals surface area contributed by atoms with Crippen molar-refractivity contribution in [2.24, 2.45) is 0 Å². The number of aromatic nitrogens is 3. The van der Waals surface area contributed by atoms with Gasteiger partial charge in [0.15, 0.2) is 5.13 Å². The molecule has 0 aliphatic carbocycles. The number of thiazole rings is 1. The number of hydrogen-bond acceptors (Lipinski definition) is 8. The maximum atomic E-state index is 12.1. The Balaban J connectivity index is 1.77. The van der Waals surface area contributed by atoms with E-state index in [1.807, 2.05) is 4.90 Å². The first kappa shape index (κ1) is 19.3. The normalized spacial score (nSPS) is 13.1. The van der Waals surface area contributed by atoms with Crippen molar-refractivity contribution >= 4 is 45.8 Å². The van der Waals surface area contributed by atoms with Crippen LogP contribution in [-0.2, 0) is 13.0 Å². The van der Waals surface area contributed by atoms with Crippen molar-refractivity contribution in [3.63, 3.8) is 0 Å². The Kier molecular flexibility index (Phi) is 6.04. The smallest absolute Gasteiger partial charge is 0.320 e. The van der Waals surface area contributed by atoms with E-state index in [4.69, 9.17) is 16.7 Å². The fraction of sp³-hybridized carbons (Fsp3) is 0.400. The summed E-state index contributed by atoms with van der Waals surface area (Å²) in [4.78, 5) is 39.1. The Morgan fingerprint density at radius 3 is 2.93 bits per heavy atom. The highest BCUT2D eigenvalue weighted by Gasteiger charge is 2.23. The molecule has 2 aromatic heterocycles. The average molecular weight is 412 g/mol. The zero-order valence-corrected chi connectivity index (χ0v) is 16.0. The van der Waals surface area contributed by atoms with Gasteiger partial charge in [-0.25, -0.2) is 19.7 Å². The van der Waals surface area contributed by atoms with E-state index in [0.717, 1.165) is 10.6 Å². The third-order valence-corrected chi connectivity index (χ3v) is 4.98. The van der Waals surface area contributed by atoms with Crippen LogP contribution in [0.3, 0.4) is 0 Å². The van der Waals surface area contributed by atoms with Gasteiger partial charge in [0.05, 0.1) is 18.8 Å². The largest absolute Gasteiger partial charge is 0.395 e. The maximum Gasteiger partial charge on any atom is 0.320 e. The number of carbonyl (C=O) groups is 2. The van der Waals surface area contributed by atoms with E-state index in [9.17, 15) is 9.59 Å². The van der Waals surface area contributed by atoms with Crippen LogP contribution in [0.15, 0.2) is 6.07 Å². The molecule has 0 atom stereocenters. The number of nitrogens with one attached hydrogen (secondary N) is 3. The monoisotopic (exact) mass is 411 g/mol. The molecule has 0 fully saturated rings. The Morgan fingerprint density at radius 2 is 2.19 bits per heavy atom. The Bertz CT molecular complexity index is 860. The summed E-state index contributed by atoms with van der Waals surface area (Å²) < 4.78 is 0. The summed E-state index contributed by atoms with van der Waals surface area (Å²) in [6.45, 7) is 1.14. The zero-order chi connectivity index (χ0) is 19.4. The second-order valence-corrected chi connectivity index (χ2v) is 7.05. The van der Waals surface area contributed by atoms with Gasteiger partial charge in [0.1, 0.15) is 11.5 Å². The molecule has 10 nitrogen and oxygen atoms in total. The molecule has 0 saturated carbocycles. The summed E-state index contributed by atoms with van der Waals surface area (Å²) in [7, 11) is 1.54. The lowest BCUT2D eigenvalue weighted by Crippen LogP contribution is -2.32. The molecular weight excluding hydrogens is 394 g/mol. The van der Waals surface area contributed by atoms with E-state index in [1.165, 1.54) is 18.4 Å². The summed E-state index contributed by atoms with van der Waals surface area (Å²) in [5.74, 6) is 0.103. The number of amides is 3. The molecule has 27 heavy (non-hydrogen) atoms. The molecule has 0 unspecified atom stereocenters. The molecule has 3 rings (SSSR count). The van der Waals surface area contributed by atoms with E-state index >= 15 is 0 Å². The standard InChI is InChI=1S/C15H18ClN7O3S/c1-17-14(26)22-15-20-8-2-4-23(7-10(8)27-15)11-6-9(19-13(16)21-11)12(25)18-3-5-24/h6,24H,2-5,7H2,1H3,(H,18,25)(H2,17,20,22,26). The maximum absolute atomic E-state index is 12.1. The third kappa shape index (κ3) is 4.62. The summed E-state index contributed by atoms with van der Waals surface area (Å²) in [5.41, 5.74) is 1.07. The predicted molar refractivity (Wildman–Crippen MR) is 101 cm³/mol. The van der Waals surface area contributed by atoms with Crippen LogP contribution in [0, 0.1) is 0 Å². The van der Waals surface area contributed by atoms with E-state index in [1.54, 1.807) is 6.07 Å². The number of aliphatic hydroxyl groups is 1. The number of carbonyl (C=O) groups excluding carboxylic acids is 2. The number of urea groups is 1. The van der Waals surface area contributed by atoms with E-state index in [-0.39, 0.29) is 30.2 Å². The van der Waals surface area contributed by atoms with Gasteiger partial charge in [-0.2, -0.15) is 0 Å². The van der Waals surface area contributed by atoms with Crippen molar-refractivity contribution in [1.29, 1.82) is 0 Å². The zero-order valence-electron chi connectivity index (χ0n) is 14.5. The van der Waals surface area contributed by atoms with Gasteiger partial charge in [-0.1, -0.05) is 11.3 Å². The van der Waals surface area contributed by atoms with Gasteiger partial charge in [-0.15, -0.1) is 0 Å².